The highest BCUT2D eigenvalue weighted by molar-refractivity contribution is 6.30. The van der Waals surface area contributed by atoms with Gasteiger partial charge < -0.3 is 20.3 Å². The van der Waals surface area contributed by atoms with Crippen LogP contribution in [0, 0.1) is 0 Å². The Morgan fingerprint density at radius 3 is 2.46 bits per heavy atom. The zero-order valence-corrected chi connectivity index (χ0v) is 16.6. The van der Waals surface area contributed by atoms with Gasteiger partial charge in [-0.3, -0.25) is 9.59 Å². The lowest BCUT2D eigenvalue weighted by Crippen LogP contribution is -2.30. The summed E-state index contributed by atoms with van der Waals surface area (Å²) >= 11 is 5.87. The predicted octanol–water partition coefficient (Wildman–Crippen LogP) is 3.57. The number of amides is 2. The van der Waals surface area contributed by atoms with E-state index in [2.05, 4.69) is 15.5 Å². The minimum absolute atomic E-state index is 0.179. The molecule has 0 aliphatic carbocycles. The highest BCUT2D eigenvalue weighted by Gasteiger charge is 2.20. The first-order chi connectivity index (χ1) is 13.6. The number of nitrogens with one attached hydrogen (secondary N) is 2. The Hall–Kier alpha value is -2.57. The normalized spacial score (nSPS) is 13.4. The molecule has 2 aromatic rings. The second kappa shape index (κ2) is 9.57. The van der Waals surface area contributed by atoms with Gasteiger partial charge in [0.2, 0.25) is 0 Å². The van der Waals surface area contributed by atoms with Gasteiger partial charge in [-0.1, -0.05) is 11.6 Å². The lowest BCUT2D eigenvalue weighted by molar-refractivity contribution is 0.0936. The molecule has 1 saturated heterocycles. The van der Waals surface area contributed by atoms with Gasteiger partial charge in [0, 0.05) is 48.7 Å². The van der Waals surface area contributed by atoms with Gasteiger partial charge in [0.25, 0.3) is 11.8 Å². The van der Waals surface area contributed by atoms with Crippen molar-refractivity contribution in [1.82, 2.24) is 5.32 Å². The van der Waals surface area contributed by atoms with E-state index < -0.39 is 0 Å². The smallest absolute Gasteiger partial charge is 0.255 e. The predicted molar refractivity (Wildman–Crippen MR) is 112 cm³/mol. The first-order valence-corrected chi connectivity index (χ1v) is 9.69. The number of carbonyl (C=O) groups is 2. The third-order valence-corrected chi connectivity index (χ3v) is 4.90. The fourth-order valence-corrected chi connectivity index (χ4v) is 3.32. The molecule has 0 unspecified atom stereocenters. The largest absolute Gasteiger partial charge is 0.383 e. The Bertz CT molecular complexity index is 833. The van der Waals surface area contributed by atoms with Crippen molar-refractivity contribution in [2.45, 2.75) is 12.8 Å². The summed E-state index contributed by atoms with van der Waals surface area (Å²) in [6.07, 6.45) is 2.22. The number of benzene rings is 2. The number of methoxy groups -OCH3 is 1. The van der Waals surface area contributed by atoms with E-state index in [-0.39, 0.29) is 11.8 Å². The topological polar surface area (TPSA) is 70.7 Å². The number of hydrogen-bond donors (Lipinski definition) is 2. The van der Waals surface area contributed by atoms with Gasteiger partial charge in [-0.15, -0.1) is 0 Å². The fourth-order valence-electron chi connectivity index (χ4n) is 3.20. The summed E-state index contributed by atoms with van der Waals surface area (Å²) in [7, 11) is 1.59. The van der Waals surface area contributed by atoms with Crippen LogP contribution in [0.25, 0.3) is 0 Å². The molecule has 2 amide bonds. The van der Waals surface area contributed by atoms with Gasteiger partial charge in [-0.2, -0.15) is 0 Å². The monoisotopic (exact) mass is 401 g/mol. The Morgan fingerprint density at radius 1 is 1.07 bits per heavy atom. The van der Waals surface area contributed by atoms with Crippen molar-refractivity contribution < 1.29 is 14.3 Å². The maximum Gasteiger partial charge on any atom is 0.255 e. The Balaban J connectivity index is 1.81. The highest BCUT2D eigenvalue weighted by Crippen LogP contribution is 2.28. The van der Waals surface area contributed by atoms with Crippen molar-refractivity contribution in [1.29, 1.82) is 0 Å². The number of ether oxygens (including phenoxy) is 1. The van der Waals surface area contributed by atoms with Gasteiger partial charge >= 0.3 is 0 Å². The lowest BCUT2D eigenvalue weighted by Gasteiger charge is -2.22. The van der Waals surface area contributed by atoms with Gasteiger partial charge in [0.15, 0.2) is 0 Å². The average molecular weight is 402 g/mol. The summed E-state index contributed by atoms with van der Waals surface area (Å²) in [5.41, 5.74) is 2.50. The van der Waals surface area contributed by atoms with Crippen LogP contribution in [0.3, 0.4) is 0 Å². The van der Waals surface area contributed by atoms with Crippen LogP contribution in [0.5, 0.6) is 0 Å². The van der Waals surface area contributed by atoms with Gasteiger partial charge in [-0.25, -0.2) is 0 Å². The zero-order chi connectivity index (χ0) is 19.9. The fraction of sp³-hybridized carbons (Fsp3) is 0.333. The van der Waals surface area contributed by atoms with Gasteiger partial charge in [-0.05, 0) is 55.3 Å². The van der Waals surface area contributed by atoms with Crippen molar-refractivity contribution in [3.63, 3.8) is 0 Å². The van der Waals surface area contributed by atoms with E-state index in [0.29, 0.717) is 35.0 Å². The van der Waals surface area contributed by atoms with Crippen LogP contribution < -0.4 is 15.5 Å². The van der Waals surface area contributed by atoms with Crippen LogP contribution in [0.2, 0.25) is 5.02 Å². The Labute approximate surface area is 169 Å². The van der Waals surface area contributed by atoms with Crippen LogP contribution in [0.1, 0.15) is 33.6 Å². The summed E-state index contributed by atoms with van der Waals surface area (Å²) in [6, 6.07) is 12.1. The van der Waals surface area contributed by atoms with E-state index in [1.165, 1.54) is 0 Å². The molecule has 1 aliphatic rings. The highest BCUT2D eigenvalue weighted by atomic mass is 35.5. The maximum atomic E-state index is 12.7. The number of rotatable bonds is 7. The molecular formula is C21H24ClN3O3. The van der Waals surface area contributed by atoms with E-state index in [1.54, 1.807) is 37.4 Å². The molecular weight excluding hydrogens is 378 g/mol. The van der Waals surface area contributed by atoms with Crippen molar-refractivity contribution in [2.24, 2.45) is 0 Å². The van der Waals surface area contributed by atoms with Crippen LogP contribution in [0.15, 0.2) is 42.5 Å². The molecule has 0 saturated carbocycles. The average Bonchev–Trinajstić information content (AvgIpc) is 3.23. The van der Waals surface area contributed by atoms with E-state index in [4.69, 9.17) is 16.3 Å². The quantitative estimate of drug-likeness (QED) is 0.696. The molecule has 6 nitrogen and oxygen atoms in total. The summed E-state index contributed by atoms with van der Waals surface area (Å²) < 4.78 is 5.00. The van der Waals surface area contributed by atoms with E-state index in [9.17, 15) is 9.59 Å². The molecule has 2 aromatic carbocycles. The summed E-state index contributed by atoms with van der Waals surface area (Å²) in [6.45, 7) is 2.72. The summed E-state index contributed by atoms with van der Waals surface area (Å²) in [4.78, 5) is 27.4. The first-order valence-electron chi connectivity index (χ1n) is 9.31. The van der Waals surface area contributed by atoms with E-state index >= 15 is 0 Å². The van der Waals surface area contributed by atoms with Crippen LogP contribution >= 0.6 is 11.6 Å². The standard InChI is InChI=1S/C21H24ClN3O3/c1-28-13-10-23-21(27)18-14-17(8-9-19(18)25-11-2-3-12-25)24-20(26)15-4-6-16(22)7-5-15/h4-9,14H,2-3,10-13H2,1H3,(H,23,27)(H,24,26). The molecule has 0 bridgehead atoms. The number of nitrogens with zero attached hydrogens (tertiary/aromatic N) is 1. The van der Waals surface area contributed by atoms with Crippen LogP contribution in [0.4, 0.5) is 11.4 Å². The molecule has 28 heavy (non-hydrogen) atoms. The third-order valence-electron chi connectivity index (χ3n) is 4.64. The lowest BCUT2D eigenvalue weighted by atomic mass is 10.1. The van der Waals surface area contributed by atoms with Crippen LogP contribution in [-0.2, 0) is 4.74 Å². The van der Waals surface area contributed by atoms with Crippen molar-refractivity contribution in [2.75, 3.05) is 43.6 Å². The summed E-state index contributed by atoms with van der Waals surface area (Å²) in [5, 5.41) is 6.29. The first kappa shape index (κ1) is 20.2. The van der Waals surface area contributed by atoms with Crippen LogP contribution in [-0.4, -0.2) is 45.2 Å². The molecule has 2 N–H and O–H groups in total. The minimum Gasteiger partial charge on any atom is -0.383 e. The molecule has 0 radical (unpaired) electrons. The number of hydrogen-bond acceptors (Lipinski definition) is 4. The molecule has 1 aliphatic heterocycles. The van der Waals surface area contributed by atoms with Gasteiger partial charge in [0.1, 0.15) is 0 Å². The molecule has 0 spiro atoms. The number of anilines is 2. The molecule has 148 valence electrons. The molecule has 0 atom stereocenters. The van der Waals surface area contributed by atoms with Gasteiger partial charge in [0.05, 0.1) is 12.2 Å². The minimum atomic E-state index is -0.253. The number of halogens is 1. The van der Waals surface area contributed by atoms with E-state index in [1.807, 2.05) is 12.1 Å². The van der Waals surface area contributed by atoms with Crippen molar-refractivity contribution in [3.05, 3.63) is 58.6 Å². The molecule has 7 heteroatoms. The number of carbonyl (C=O) groups excluding carboxylic acids is 2. The molecule has 3 rings (SSSR count). The maximum absolute atomic E-state index is 12.7. The van der Waals surface area contributed by atoms with E-state index in [0.717, 1.165) is 31.6 Å². The Morgan fingerprint density at radius 2 is 1.79 bits per heavy atom. The Kier molecular flexibility index (Phi) is 6.90. The van der Waals surface area contributed by atoms with Crippen molar-refractivity contribution in [3.8, 4) is 0 Å². The second-order valence-corrected chi connectivity index (χ2v) is 7.07. The molecule has 0 aromatic heterocycles. The SMILES string of the molecule is COCCNC(=O)c1cc(NC(=O)c2ccc(Cl)cc2)ccc1N1CCCC1. The second-order valence-electron chi connectivity index (χ2n) is 6.64. The van der Waals surface area contributed by atoms with Crippen molar-refractivity contribution >= 4 is 34.8 Å². The summed E-state index contributed by atoms with van der Waals surface area (Å²) in [5.74, 6) is -0.433. The molecule has 1 fully saturated rings. The third kappa shape index (κ3) is 5.03. The zero-order valence-electron chi connectivity index (χ0n) is 15.8. The molecule has 1 heterocycles.